The Morgan fingerprint density at radius 3 is 2.60 bits per heavy atom. The Morgan fingerprint density at radius 2 is 1.95 bits per heavy atom. The van der Waals surface area contributed by atoms with Crippen molar-refractivity contribution in [1.82, 2.24) is 14.4 Å². The molecule has 1 aromatic heterocycles. The van der Waals surface area contributed by atoms with Crippen LogP contribution in [0.15, 0.2) is 12.3 Å². The van der Waals surface area contributed by atoms with Gasteiger partial charge in [0.25, 0.3) is 0 Å². The number of aromatic nitrogens is 1. The van der Waals surface area contributed by atoms with Gasteiger partial charge in [0.05, 0.1) is 6.61 Å². The van der Waals surface area contributed by atoms with Crippen LogP contribution in [0.3, 0.4) is 0 Å². The number of aryl methyl sites for hydroxylation is 1. The number of hydrogen-bond acceptors (Lipinski definition) is 4. The summed E-state index contributed by atoms with van der Waals surface area (Å²) in [6.45, 7) is 10.5. The van der Waals surface area contributed by atoms with Crippen molar-refractivity contribution in [2.24, 2.45) is 0 Å². The van der Waals surface area contributed by atoms with Gasteiger partial charge >= 0.3 is 5.97 Å². The van der Waals surface area contributed by atoms with E-state index < -0.39 is 0 Å². The van der Waals surface area contributed by atoms with Crippen molar-refractivity contribution >= 4 is 5.97 Å². The van der Waals surface area contributed by atoms with E-state index in [1.165, 1.54) is 0 Å². The van der Waals surface area contributed by atoms with Gasteiger partial charge in [-0.1, -0.05) is 0 Å². The number of hydrogen-bond donors (Lipinski definition) is 0. The highest BCUT2D eigenvalue weighted by molar-refractivity contribution is 5.89. The van der Waals surface area contributed by atoms with Gasteiger partial charge in [-0.3, -0.25) is 4.90 Å². The van der Waals surface area contributed by atoms with Crippen LogP contribution < -0.4 is 0 Å². The predicted octanol–water partition coefficient (Wildman–Crippen LogP) is 1.22. The van der Waals surface area contributed by atoms with Gasteiger partial charge in [0.2, 0.25) is 0 Å². The number of piperazine rings is 1. The van der Waals surface area contributed by atoms with Crippen LogP contribution in [0.5, 0.6) is 0 Å². The van der Waals surface area contributed by atoms with Crippen molar-refractivity contribution in [3.63, 3.8) is 0 Å². The third-order valence-electron chi connectivity index (χ3n) is 3.89. The molecule has 1 aliphatic heterocycles. The minimum atomic E-state index is -0.214. The van der Waals surface area contributed by atoms with E-state index in [1.54, 1.807) is 0 Å². The summed E-state index contributed by atoms with van der Waals surface area (Å²) in [5, 5.41) is 0. The van der Waals surface area contributed by atoms with Crippen LogP contribution in [0.25, 0.3) is 0 Å². The first kappa shape index (κ1) is 15.1. The van der Waals surface area contributed by atoms with Crippen molar-refractivity contribution in [2.45, 2.75) is 20.4 Å². The lowest BCUT2D eigenvalue weighted by atomic mass is 10.2. The Balaban J connectivity index is 1.94. The first-order valence-corrected chi connectivity index (χ1v) is 7.35. The fourth-order valence-electron chi connectivity index (χ4n) is 2.57. The molecule has 0 aromatic carbocycles. The van der Waals surface area contributed by atoms with E-state index in [-0.39, 0.29) is 5.97 Å². The lowest BCUT2D eigenvalue weighted by Crippen LogP contribution is -2.45. The van der Waals surface area contributed by atoms with E-state index in [9.17, 15) is 4.79 Å². The van der Waals surface area contributed by atoms with Crippen LogP contribution in [0, 0.1) is 6.92 Å². The molecule has 0 atom stereocenters. The molecule has 1 fully saturated rings. The monoisotopic (exact) mass is 279 g/mol. The zero-order valence-corrected chi connectivity index (χ0v) is 12.8. The number of nitrogens with zero attached hydrogens (tertiary/aromatic N) is 3. The van der Waals surface area contributed by atoms with Gasteiger partial charge in [0.15, 0.2) is 0 Å². The van der Waals surface area contributed by atoms with E-state index in [4.69, 9.17) is 4.74 Å². The maximum Gasteiger partial charge on any atom is 0.355 e. The quantitative estimate of drug-likeness (QED) is 0.760. The molecule has 0 N–H and O–H groups in total. The number of carbonyl (C=O) groups is 1. The third-order valence-corrected chi connectivity index (χ3v) is 3.89. The highest BCUT2D eigenvalue weighted by atomic mass is 16.5. The largest absolute Gasteiger partial charge is 0.461 e. The average molecular weight is 279 g/mol. The molecule has 2 heterocycles. The molecule has 2 rings (SSSR count). The van der Waals surface area contributed by atoms with Gasteiger partial charge in [-0.15, -0.1) is 0 Å². The van der Waals surface area contributed by atoms with Gasteiger partial charge in [0, 0.05) is 45.5 Å². The summed E-state index contributed by atoms with van der Waals surface area (Å²) < 4.78 is 7.15. The van der Waals surface area contributed by atoms with Gasteiger partial charge in [-0.05, 0) is 32.5 Å². The molecule has 0 unspecified atom stereocenters. The molecule has 0 radical (unpaired) electrons. The first-order chi connectivity index (χ1) is 9.61. The summed E-state index contributed by atoms with van der Waals surface area (Å²) in [4.78, 5) is 16.8. The van der Waals surface area contributed by atoms with Crippen LogP contribution in [-0.4, -0.2) is 66.7 Å². The Bertz CT molecular complexity index is 448. The molecule has 0 saturated carbocycles. The van der Waals surface area contributed by atoms with Gasteiger partial charge in [-0.2, -0.15) is 0 Å². The molecule has 0 amide bonds. The summed E-state index contributed by atoms with van der Waals surface area (Å²) in [5.74, 6) is -0.214. The number of rotatable bonds is 5. The van der Waals surface area contributed by atoms with Gasteiger partial charge in [-0.25, -0.2) is 4.79 Å². The average Bonchev–Trinajstić information content (AvgIpc) is 2.79. The highest BCUT2D eigenvalue weighted by Crippen LogP contribution is 2.12. The Morgan fingerprint density at radius 1 is 1.25 bits per heavy atom. The van der Waals surface area contributed by atoms with Crippen molar-refractivity contribution in [3.05, 3.63) is 23.5 Å². The van der Waals surface area contributed by atoms with E-state index >= 15 is 0 Å². The van der Waals surface area contributed by atoms with Gasteiger partial charge in [0.1, 0.15) is 5.69 Å². The van der Waals surface area contributed by atoms with Crippen molar-refractivity contribution < 1.29 is 9.53 Å². The first-order valence-electron chi connectivity index (χ1n) is 7.35. The topological polar surface area (TPSA) is 37.7 Å². The lowest BCUT2D eigenvalue weighted by molar-refractivity contribution is 0.0511. The normalized spacial score (nSPS) is 17.4. The van der Waals surface area contributed by atoms with Crippen molar-refractivity contribution in [2.75, 3.05) is 46.4 Å². The summed E-state index contributed by atoms with van der Waals surface area (Å²) >= 11 is 0. The maximum absolute atomic E-state index is 12.0. The SMILES string of the molecule is CCOC(=O)c1c(C)ccn1CCN1CCN(C)CC1. The highest BCUT2D eigenvalue weighted by Gasteiger charge is 2.17. The van der Waals surface area contributed by atoms with Crippen LogP contribution in [0.2, 0.25) is 0 Å². The Kier molecular flexibility index (Phi) is 5.20. The molecule has 1 saturated heterocycles. The molecule has 20 heavy (non-hydrogen) atoms. The zero-order chi connectivity index (χ0) is 14.5. The molecule has 5 nitrogen and oxygen atoms in total. The van der Waals surface area contributed by atoms with Gasteiger partial charge < -0.3 is 14.2 Å². The van der Waals surface area contributed by atoms with E-state index in [1.807, 2.05) is 30.7 Å². The predicted molar refractivity (Wildman–Crippen MR) is 79.1 cm³/mol. The van der Waals surface area contributed by atoms with E-state index in [0.717, 1.165) is 44.8 Å². The molecule has 1 aromatic rings. The van der Waals surface area contributed by atoms with E-state index in [0.29, 0.717) is 12.3 Å². The third kappa shape index (κ3) is 3.61. The lowest BCUT2D eigenvalue weighted by Gasteiger charge is -2.32. The fraction of sp³-hybridized carbons (Fsp3) is 0.667. The molecule has 0 spiro atoms. The second-order valence-corrected chi connectivity index (χ2v) is 5.41. The summed E-state index contributed by atoms with van der Waals surface area (Å²) in [7, 11) is 2.16. The molecule has 0 aliphatic carbocycles. The van der Waals surface area contributed by atoms with Crippen molar-refractivity contribution in [3.8, 4) is 0 Å². The number of likely N-dealkylation sites (N-methyl/N-ethyl adjacent to an activating group) is 1. The summed E-state index contributed by atoms with van der Waals surface area (Å²) in [6.07, 6.45) is 1.98. The summed E-state index contributed by atoms with van der Waals surface area (Å²) in [5.41, 5.74) is 1.68. The van der Waals surface area contributed by atoms with Crippen LogP contribution >= 0.6 is 0 Å². The minimum absolute atomic E-state index is 0.214. The van der Waals surface area contributed by atoms with Crippen LogP contribution in [0.1, 0.15) is 23.0 Å². The second kappa shape index (κ2) is 6.90. The molecular weight excluding hydrogens is 254 g/mol. The van der Waals surface area contributed by atoms with Crippen LogP contribution in [-0.2, 0) is 11.3 Å². The van der Waals surface area contributed by atoms with Crippen molar-refractivity contribution in [1.29, 1.82) is 0 Å². The Labute approximate surface area is 121 Å². The fourth-order valence-corrected chi connectivity index (χ4v) is 2.57. The van der Waals surface area contributed by atoms with E-state index in [2.05, 4.69) is 16.8 Å². The summed E-state index contributed by atoms with van der Waals surface area (Å²) in [6, 6.07) is 1.98. The molecular formula is C15H25N3O2. The smallest absolute Gasteiger partial charge is 0.355 e. The molecule has 0 bridgehead atoms. The number of esters is 1. The second-order valence-electron chi connectivity index (χ2n) is 5.41. The zero-order valence-electron chi connectivity index (χ0n) is 12.8. The molecule has 5 heteroatoms. The molecule has 112 valence electrons. The maximum atomic E-state index is 12.0. The Hall–Kier alpha value is -1.33. The molecule has 1 aliphatic rings. The number of carbonyl (C=O) groups excluding carboxylic acids is 1. The standard InChI is InChI=1S/C15H25N3O2/c1-4-20-15(19)14-13(2)5-6-18(14)12-11-17-9-7-16(3)8-10-17/h5-6H,4,7-12H2,1-3H3. The minimum Gasteiger partial charge on any atom is -0.461 e. The van der Waals surface area contributed by atoms with Crippen LogP contribution in [0.4, 0.5) is 0 Å². The number of ether oxygens (including phenoxy) is 1.